The Morgan fingerprint density at radius 1 is 1.00 bits per heavy atom. The molecule has 0 aliphatic carbocycles. The average Bonchev–Trinajstić information content (AvgIpc) is 2.75. The number of carbonyl (C=O) groups excluding carboxylic acids is 1. The Labute approximate surface area is 188 Å². The number of hydrogen-bond acceptors (Lipinski definition) is 4. The molecule has 0 bridgehead atoms. The predicted molar refractivity (Wildman–Crippen MR) is 124 cm³/mol. The van der Waals surface area contributed by atoms with E-state index in [9.17, 15) is 17.6 Å². The van der Waals surface area contributed by atoms with Crippen LogP contribution in [0.5, 0.6) is 0 Å². The lowest BCUT2D eigenvalue weighted by Gasteiger charge is -2.25. The Bertz CT molecular complexity index is 1180. The molecular weight excluding hydrogens is 429 g/mol. The number of carbonyl (C=O) groups is 1. The molecule has 32 heavy (non-hydrogen) atoms. The number of sulfonamides is 1. The fourth-order valence-corrected chi connectivity index (χ4v) is 4.28. The normalized spacial score (nSPS) is 12.4. The number of anilines is 1. The summed E-state index contributed by atoms with van der Waals surface area (Å²) in [7, 11) is -0.0703. The summed E-state index contributed by atoms with van der Waals surface area (Å²) in [6.45, 7) is 2.19. The molecular formula is C24H26FN3O3S. The molecule has 3 aromatic carbocycles. The Kier molecular flexibility index (Phi) is 7.27. The average molecular weight is 456 g/mol. The van der Waals surface area contributed by atoms with Gasteiger partial charge in [-0.3, -0.25) is 9.52 Å². The van der Waals surface area contributed by atoms with Gasteiger partial charge in [-0.05, 0) is 75.1 Å². The highest BCUT2D eigenvalue weighted by molar-refractivity contribution is 7.92. The first-order valence-corrected chi connectivity index (χ1v) is 11.5. The minimum Gasteiger partial charge on any atom is -0.350 e. The van der Waals surface area contributed by atoms with Gasteiger partial charge in [0.05, 0.1) is 10.9 Å². The van der Waals surface area contributed by atoms with Gasteiger partial charge in [0.1, 0.15) is 5.82 Å². The summed E-state index contributed by atoms with van der Waals surface area (Å²) in [5.74, 6) is -0.680. The van der Waals surface area contributed by atoms with Crippen molar-refractivity contribution in [2.45, 2.75) is 17.9 Å². The van der Waals surface area contributed by atoms with Crippen LogP contribution in [-0.2, 0) is 10.0 Å². The van der Waals surface area contributed by atoms with Crippen molar-refractivity contribution in [1.29, 1.82) is 0 Å². The molecule has 0 aliphatic rings. The van der Waals surface area contributed by atoms with E-state index in [1.54, 1.807) is 24.3 Å². The molecule has 8 heteroatoms. The van der Waals surface area contributed by atoms with Crippen LogP contribution in [0.3, 0.4) is 0 Å². The molecule has 6 nitrogen and oxygen atoms in total. The first kappa shape index (κ1) is 23.4. The van der Waals surface area contributed by atoms with E-state index in [0.717, 1.165) is 11.1 Å². The van der Waals surface area contributed by atoms with Gasteiger partial charge in [0, 0.05) is 17.8 Å². The summed E-state index contributed by atoms with van der Waals surface area (Å²) in [5, 5.41) is 2.83. The van der Waals surface area contributed by atoms with Crippen molar-refractivity contribution in [1.82, 2.24) is 10.2 Å². The SMILES string of the molecule is Cc1ccc(NS(=O)(=O)c2ccc(C(=O)NC[C@@H](c3cccc(F)c3)N(C)C)cc2)cc1. The third kappa shape index (κ3) is 5.93. The fraction of sp³-hybridized carbons (Fsp3) is 0.208. The number of amides is 1. The van der Waals surface area contributed by atoms with Crippen molar-refractivity contribution < 1.29 is 17.6 Å². The highest BCUT2D eigenvalue weighted by Gasteiger charge is 2.18. The second-order valence-corrected chi connectivity index (χ2v) is 9.42. The van der Waals surface area contributed by atoms with Gasteiger partial charge in [-0.1, -0.05) is 29.8 Å². The van der Waals surface area contributed by atoms with E-state index in [1.807, 2.05) is 38.1 Å². The molecule has 0 aromatic heterocycles. The van der Waals surface area contributed by atoms with Crippen LogP contribution in [0.4, 0.5) is 10.1 Å². The van der Waals surface area contributed by atoms with Crippen molar-refractivity contribution in [2.75, 3.05) is 25.4 Å². The molecule has 0 heterocycles. The van der Waals surface area contributed by atoms with Crippen LogP contribution in [0.2, 0.25) is 0 Å². The van der Waals surface area contributed by atoms with Gasteiger partial charge in [-0.15, -0.1) is 0 Å². The molecule has 0 radical (unpaired) electrons. The van der Waals surface area contributed by atoms with Crippen LogP contribution in [-0.4, -0.2) is 39.9 Å². The highest BCUT2D eigenvalue weighted by atomic mass is 32.2. The molecule has 0 fully saturated rings. The van der Waals surface area contributed by atoms with Crippen molar-refractivity contribution in [3.63, 3.8) is 0 Å². The summed E-state index contributed by atoms with van der Waals surface area (Å²) in [5.41, 5.74) is 2.57. The van der Waals surface area contributed by atoms with Gasteiger partial charge in [0.25, 0.3) is 15.9 Å². The van der Waals surface area contributed by atoms with E-state index in [4.69, 9.17) is 0 Å². The number of benzene rings is 3. The van der Waals surface area contributed by atoms with E-state index < -0.39 is 10.0 Å². The van der Waals surface area contributed by atoms with Crippen LogP contribution in [0.25, 0.3) is 0 Å². The van der Waals surface area contributed by atoms with E-state index in [-0.39, 0.29) is 29.2 Å². The largest absolute Gasteiger partial charge is 0.350 e. The Balaban J connectivity index is 1.67. The van der Waals surface area contributed by atoms with Crippen LogP contribution >= 0.6 is 0 Å². The molecule has 168 valence electrons. The lowest BCUT2D eigenvalue weighted by molar-refractivity contribution is 0.0942. The van der Waals surface area contributed by atoms with Gasteiger partial charge in [-0.25, -0.2) is 12.8 Å². The van der Waals surface area contributed by atoms with Gasteiger partial charge in [-0.2, -0.15) is 0 Å². The summed E-state index contributed by atoms with van der Waals surface area (Å²) >= 11 is 0. The van der Waals surface area contributed by atoms with Crippen LogP contribution in [0.15, 0.2) is 77.7 Å². The predicted octanol–water partition coefficient (Wildman–Crippen LogP) is 3.97. The summed E-state index contributed by atoms with van der Waals surface area (Å²) in [6, 6.07) is 18.8. The second-order valence-electron chi connectivity index (χ2n) is 7.74. The smallest absolute Gasteiger partial charge is 0.261 e. The highest BCUT2D eigenvalue weighted by Crippen LogP contribution is 2.19. The number of nitrogens with one attached hydrogen (secondary N) is 2. The first-order chi connectivity index (χ1) is 15.2. The van der Waals surface area contributed by atoms with Crippen LogP contribution < -0.4 is 10.0 Å². The molecule has 0 aliphatic heterocycles. The van der Waals surface area contributed by atoms with E-state index >= 15 is 0 Å². The third-order valence-corrected chi connectivity index (χ3v) is 6.44. The Morgan fingerprint density at radius 3 is 2.25 bits per heavy atom. The number of likely N-dealkylation sites (N-methyl/N-ethyl adjacent to an activating group) is 1. The molecule has 3 aromatic rings. The van der Waals surface area contributed by atoms with Crippen molar-refractivity contribution in [3.8, 4) is 0 Å². The van der Waals surface area contributed by atoms with Crippen molar-refractivity contribution in [3.05, 3.63) is 95.3 Å². The maximum absolute atomic E-state index is 13.6. The molecule has 1 amide bonds. The molecule has 0 saturated heterocycles. The lowest BCUT2D eigenvalue weighted by Crippen LogP contribution is -2.34. The minimum atomic E-state index is -3.77. The van der Waals surface area contributed by atoms with E-state index in [1.165, 1.54) is 36.4 Å². The van der Waals surface area contributed by atoms with Crippen LogP contribution in [0.1, 0.15) is 27.5 Å². The maximum atomic E-state index is 13.6. The van der Waals surface area contributed by atoms with Gasteiger partial charge in [0.15, 0.2) is 0 Å². The van der Waals surface area contributed by atoms with Crippen molar-refractivity contribution in [2.24, 2.45) is 0 Å². The quantitative estimate of drug-likeness (QED) is 0.539. The zero-order valence-electron chi connectivity index (χ0n) is 18.2. The number of hydrogen-bond donors (Lipinski definition) is 2. The van der Waals surface area contributed by atoms with Crippen LogP contribution in [0, 0.1) is 12.7 Å². The number of nitrogens with zero attached hydrogens (tertiary/aromatic N) is 1. The maximum Gasteiger partial charge on any atom is 0.261 e. The molecule has 0 unspecified atom stereocenters. The molecule has 1 atom stereocenters. The van der Waals surface area contributed by atoms with E-state index in [0.29, 0.717) is 11.3 Å². The van der Waals surface area contributed by atoms with Gasteiger partial charge < -0.3 is 10.2 Å². The minimum absolute atomic E-state index is 0.0561. The Morgan fingerprint density at radius 2 is 1.66 bits per heavy atom. The molecule has 2 N–H and O–H groups in total. The first-order valence-electron chi connectivity index (χ1n) is 10.1. The second kappa shape index (κ2) is 9.93. The monoisotopic (exact) mass is 455 g/mol. The summed E-state index contributed by atoms with van der Waals surface area (Å²) in [6.07, 6.45) is 0. The summed E-state index contributed by atoms with van der Waals surface area (Å²) in [4.78, 5) is 14.5. The zero-order chi connectivity index (χ0) is 23.3. The topological polar surface area (TPSA) is 78.5 Å². The number of rotatable bonds is 8. The zero-order valence-corrected chi connectivity index (χ0v) is 19.0. The molecule has 0 saturated carbocycles. The standard InChI is InChI=1S/C24H26FN3O3S/c1-17-7-11-21(12-8-17)27-32(30,31)22-13-9-18(10-14-22)24(29)26-16-23(28(2)3)19-5-4-6-20(25)15-19/h4-15,23,27H,16H2,1-3H3,(H,26,29)/t23-/m0/s1. The Hall–Kier alpha value is -3.23. The van der Waals surface area contributed by atoms with Crippen molar-refractivity contribution >= 4 is 21.6 Å². The lowest BCUT2D eigenvalue weighted by atomic mass is 10.1. The third-order valence-electron chi connectivity index (χ3n) is 5.04. The molecule has 3 rings (SSSR count). The van der Waals surface area contributed by atoms with Gasteiger partial charge >= 0.3 is 0 Å². The van der Waals surface area contributed by atoms with Gasteiger partial charge in [0.2, 0.25) is 0 Å². The fourth-order valence-electron chi connectivity index (χ4n) is 3.23. The number of aryl methyl sites for hydroxylation is 1. The summed E-state index contributed by atoms with van der Waals surface area (Å²) < 4.78 is 41.3. The number of halogens is 1. The molecule has 0 spiro atoms. The van der Waals surface area contributed by atoms with E-state index in [2.05, 4.69) is 10.0 Å².